The molecule has 2 aromatic rings. The molecule has 2 fully saturated rings. The average molecular weight is 489 g/mol. The van der Waals surface area contributed by atoms with Gasteiger partial charge in [0.2, 0.25) is 17.7 Å². The highest BCUT2D eigenvalue weighted by Gasteiger charge is 2.50. The first-order chi connectivity index (χ1) is 17.4. The quantitative estimate of drug-likeness (QED) is 0.266. The summed E-state index contributed by atoms with van der Waals surface area (Å²) in [5.41, 5.74) is 1.09. The van der Waals surface area contributed by atoms with E-state index in [0.29, 0.717) is 30.2 Å². The highest BCUT2D eigenvalue weighted by molar-refractivity contribution is 6.22. The molecule has 8 heteroatoms. The summed E-state index contributed by atoms with van der Waals surface area (Å²) in [6, 6.07) is 13.6. The number of fused-ring (bicyclic) bond motifs is 1. The third-order valence-electron chi connectivity index (χ3n) is 7.10. The van der Waals surface area contributed by atoms with E-state index in [1.165, 1.54) is 4.90 Å². The maximum Gasteiger partial charge on any atom is 0.316 e. The lowest BCUT2D eigenvalue weighted by atomic mass is 9.78. The molecule has 0 saturated carbocycles. The lowest BCUT2D eigenvalue weighted by Crippen LogP contribution is -2.31. The maximum atomic E-state index is 13.0. The standard InChI is InChI=1S/C28H28N2O6/c1-3-35-23-10-5-4-9-22(23)29-16-18(15-24(29)31)28(34)36-20-13-11-19(12-14-20)30-26(32)21-8-6-7-17(2)25(21)27(30)33/h4-7,9-14,17-18,21,25H,3,8,15-16H2,1-2H3/t17-,18-,21-,25+/m1/s1. The Morgan fingerprint density at radius 1 is 1.03 bits per heavy atom. The van der Waals surface area contributed by atoms with Gasteiger partial charge in [0.1, 0.15) is 11.5 Å². The van der Waals surface area contributed by atoms with Crippen molar-refractivity contribution in [1.82, 2.24) is 0 Å². The van der Waals surface area contributed by atoms with Crippen molar-refractivity contribution in [2.24, 2.45) is 23.7 Å². The number of nitrogens with zero attached hydrogens (tertiary/aromatic N) is 2. The third-order valence-corrected chi connectivity index (χ3v) is 7.10. The fourth-order valence-corrected chi connectivity index (χ4v) is 5.32. The van der Waals surface area contributed by atoms with Gasteiger partial charge in [0.15, 0.2) is 0 Å². The van der Waals surface area contributed by atoms with Crippen LogP contribution in [0.2, 0.25) is 0 Å². The van der Waals surface area contributed by atoms with Crippen LogP contribution in [0, 0.1) is 23.7 Å². The number of hydrogen-bond donors (Lipinski definition) is 0. The second-order valence-corrected chi connectivity index (χ2v) is 9.39. The van der Waals surface area contributed by atoms with Crippen LogP contribution in [0.1, 0.15) is 26.7 Å². The predicted molar refractivity (Wildman–Crippen MR) is 133 cm³/mol. The van der Waals surface area contributed by atoms with Gasteiger partial charge >= 0.3 is 5.97 Å². The van der Waals surface area contributed by atoms with Crippen molar-refractivity contribution in [3.63, 3.8) is 0 Å². The van der Waals surface area contributed by atoms with Crippen LogP contribution < -0.4 is 19.3 Å². The van der Waals surface area contributed by atoms with Crippen molar-refractivity contribution < 1.29 is 28.7 Å². The Balaban J connectivity index is 1.25. The molecule has 4 atom stereocenters. The first kappa shape index (κ1) is 23.8. The van der Waals surface area contributed by atoms with Crippen molar-refractivity contribution in [3.8, 4) is 11.5 Å². The molecule has 2 aliphatic heterocycles. The maximum absolute atomic E-state index is 13.0. The molecule has 36 heavy (non-hydrogen) atoms. The summed E-state index contributed by atoms with van der Waals surface area (Å²) in [5, 5.41) is 0. The number of benzene rings is 2. The van der Waals surface area contributed by atoms with E-state index in [2.05, 4.69) is 0 Å². The summed E-state index contributed by atoms with van der Waals surface area (Å²) < 4.78 is 11.2. The van der Waals surface area contributed by atoms with Crippen molar-refractivity contribution in [2.45, 2.75) is 26.7 Å². The topological polar surface area (TPSA) is 93.2 Å². The predicted octanol–water partition coefficient (Wildman–Crippen LogP) is 3.75. The van der Waals surface area contributed by atoms with Crippen LogP contribution >= 0.6 is 0 Å². The number of allylic oxidation sites excluding steroid dienone is 2. The second kappa shape index (κ2) is 9.60. The van der Waals surface area contributed by atoms with Gasteiger partial charge in [-0.3, -0.25) is 24.1 Å². The number of carbonyl (C=O) groups excluding carboxylic acids is 4. The Labute approximate surface area is 209 Å². The molecule has 3 aliphatic rings. The van der Waals surface area contributed by atoms with Crippen LogP contribution in [0.15, 0.2) is 60.7 Å². The van der Waals surface area contributed by atoms with E-state index in [0.717, 1.165) is 0 Å². The Morgan fingerprint density at radius 2 is 1.78 bits per heavy atom. The molecular weight excluding hydrogens is 460 g/mol. The van der Waals surface area contributed by atoms with Gasteiger partial charge in [-0.25, -0.2) is 0 Å². The molecular formula is C28H28N2O6. The molecule has 0 aromatic heterocycles. The number of carbonyl (C=O) groups is 4. The molecule has 8 nitrogen and oxygen atoms in total. The number of rotatable bonds is 6. The number of anilines is 2. The van der Waals surface area contributed by atoms with E-state index in [1.807, 2.05) is 38.1 Å². The van der Waals surface area contributed by atoms with Crippen LogP contribution in [-0.4, -0.2) is 36.8 Å². The zero-order valence-electron chi connectivity index (χ0n) is 20.3. The normalized spacial score (nSPS) is 25.3. The lowest BCUT2D eigenvalue weighted by molar-refractivity contribution is -0.139. The molecule has 1 aliphatic carbocycles. The van der Waals surface area contributed by atoms with Gasteiger partial charge in [-0.1, -0.05) is 31.2 Å². The zero-order valence-corrected chi connectivity index (χ0v) is 20.3. The minimum atomic E-state index is -0.620. The molecule has 2 saturated heterocycles. The minimum absolute atomic E-state index is 0.0135. The van der Waals surface area contributed by atoms with E-state index < -0.39 is 11.9 Å². The van der Waals surface area contributed by atoms with Crippen LogP contribution in [0.5, 0.6) is 11.5 Å². The number of hydrogen-bond acceptors (Lipinski definition) is 6. The van der Waals surface area contributed by atoms with Crippen LogP contribution in [0.25, 0.3) is 0 Å². The van der Waals surface area contributed by atoms with Crippen LogP contribution in [0.4, 0.5) is 11.4 Å². The van der Waals surface area contributed by atoms with Gasteiger partial charge in [0.05, 0.1) is 35.7 Å². The number of imide groups is 1. The highest BCUT2D eigenvalue weighted by atomic mass is 16.5. The first-order valence-corrected chi connectivity index (χ1v) is 12.3. The summed E-state index contributed by atoms with van der Waals surface area (Å²) in [6.45, 7) is 4.49. The molecule has 186 valence electrons. The van der Waals surface area contributed by atoms with Gasteiger partial charge in [0, 0.05) is 13.0 Å². The van der Waals surface area contributed by atoms with Crippen molar-refractivity contribution in [2.75, 3.05) is 23.0 Å². The molecule has 0 radical (unpaired) electrons. The van der Waals surface area contributed by atoms with Gasteiger partial charge in [-0.2, -0.15) is 0 Å². The smallest absolute Gasteiger partial charge is 0.316 e. The van der Waals surface area contributed by atoms with E-state index >= 15 is 0 Å². The number of amides is 3. The Hall–Kier alpha value is -3.94. The molecule has 0 bridgehead atoms. The summed E-state index contributed by atoms with van der Waals surface area (Å²) in [7, 11) is 0. The fraction of sp³-hybridized carbons (Fsp3) is 0.357. The molecule has 3 amide bonds. The largest absolute Gasteiger partial charge is 0.492 e. The molecule has 0 spiro atoms. The highest BCUT2D eigenvalue weighted by Crippen LogP contribution is 2.41. The molecule has 5 rings (SSSR count). The monoisotopic (exact) mass is 488 g/mol. The Bertz CT molecular complexity index is 1240. The van der Waals surface area contributed by atoms with Gasteiger partial charge in [-0.05, 0) is 55.7 Å². The van der Waals surface area contributed by atoms with Crippen molar-refractivity contribution in [3.05, 3.63) is 60.7 Å². The van der Waals surface area contributed by atoms with E-state index in [-0.39, 0.29) is 54.2 Å². The van der Waals surface area contributed by atoms with Gasteiger partial charge in [-0.15, -0.1) is 0 Å². The Kier molecular flexibility index (Phi) is 6.35. The third kappa shape index (κ3) is 4.17. The van der Waals surface area contributed by atoms with Crippen molar-refractivity contribution >= 4 is 35.1 Å². The lowest BCUT2D eigenvalue weighted by Gasteiger charge is -2.22. The van der Waals surface area contributed by atoms with Crippen LogP contribution in [0.3, 0.4) is 0 Å². The average Bonchev–Trinajstić information content (AvgIpc) is 3.38. The summed E-state index contributed by atoms with van der Waals surface area (Å²) in [5.74, 6) is -1.45. The second-order valence-electron chi connectivity index (χ2n) is 9.39. The summed E-state index contributed by atoms with van der Waals surface area (Å²) in [4.78, 5) is 54.2. The Morgan fingerprint density at radius 3 is 2.50 bits per heavy atom. The zero-order chi connectivity index (χ0) is 25.4. The number of ether oxygens (including phenoxy) is 2. The number of esters is 1. The molecule has 2 aromatic carbocycles. The molecule has 2 heterocycles. The molecule has 0 unspecified atom stereocenters. The van der Waals surface area contributed by atoms with E-state index in [4.69, 9.17) is 9.47 Å². The molecule has 0 N–H and O–H groups in total. The summed E-state index contributed by atoms with van der Waals surface area (Å²) >= 11 is 0. The number of para-hydroxylation sites is 2. The van der Waals surface area contributed by atoms with E-state index in [9.17, 15) is 19.2 Å². The van der Waals surface area contributed by atoms with Gasteiger partial charge in [0.25, 0.3) is 0 Å². The summed E-state index contributed by atoms with van der Waals surface area (Å²) in [6.07, 6.45) is 4.57. The van der Waals surface area contributed by atoms with Crippen molar-refractivity contribution in [1.29, 1.82) is 0 Å². The SMILES string of the molecule is CCOc1ccccc1N1C[C@H](C(=O)Oc2ccc(N3C(=O)[C@H]4[C@H](C)C=CC[C@H]4C3=O)cc2)CC1=O. The van der Waals surface area contributed by atoms with Gasteiger partial charge < -0.3 is 14.4 Å². The minimum Gasteiger partial charge on any atom is -0.492 e. The first-order valence-electron chi connectivity index (χ1n) is 12.3. The fourth-order valence-electron chi connectivity index (χ4n) is 5.32. The van der Waals surface area contributed by atoms with Crippen LogP contribution in [-0.2, 0) is 19.2 Å². The van der Waals surface area contributed by atoms with E-state index in [1.54, 1.807) is 41.3 Å².